The van der Waals surface area contributed by atoms with E-state index < -0.39 is 42.5 Å². The van der Waals surface area contributed by atoms with Gasteiger partial charge in [0.1, 0.15) is 6.04 Å². The SMILES string of the molecule is O=C(O)CC(CCCc1ccc(-c2ccccc2)cc1)C(=O)NC(CC(O)CO)C(=O)Nc1ccccc1. The first-order chi connectivity index (χ1) is 18.4. The van der Waals surface area contributed by atoms with Crippen LogP contribution in [0.15, 0.2) is 84.9 Å². The van der Waals surface area contributed by atoms with Crippen molar-refractivity contribution in [1.82, 2.24) is 5.32 Å². The molecule has 0 saturated carbocycles. The van der Waals surface area contributed by atoms with Crippen molar-refractivity contribution in [1.29, 1.82) is 0 Å². The number of carbonyl (C=O) groups excluding carboxylic acids is 2. The van der Waals surface area contributed by atoms with E-state index in [2.05, 4.69) is 10.6 Å². The van der Waals surface area contributed by atoms with Crippen LogP contribution in [0.25, 0.3) is 11.1 Å². The lowest BCUT2D eigenvalue weighted by Gasteiger charge is -2.23. The second-order valence-electron chi connectivity index (χ2n) is 9.24. The molecule has 2 amide bonds. The van der Waals surface area contributed by atoms with E-state index in [9.17, 15) is 29.7 Å². The molecule has 3 atom stereocenters. The largest absolute Gasteiger partial charge is 0.481 e. The Hall–Kier alpha value is -4.01. The van der Waals surface area contributed by atoms with Crippen LogP contribution >= 0.6 is 0 Å². The van der Waals surface area contributed by atoms with Gasteiger partial charge in [-0.05, 0) is 48.1 Å². The summed E-state index contributed by atoms with van der Waals surface area (Å²) < 4.78 is 0. The minimum absolute atomic E-state index is 0.214. The number of carboxylic acids is 1. The number of anilines is 1. The number of rotatable bonds is 14. The predicted molar refractivity (Wildman–Crippen MR) is 145 cm³/mol. The van der Waals surface area contributed by atoms with Gasteiger partial charge in [-0.3, -0.25) is 14.4 Å². The molecule has 38 heavy (non-hydrogen) atoms. The molecule has 0 heterocycles. The van der Waals surface area contributed by atoms with Gasteiger partial charge in [0.15, 0.2) is 0 Å². The average Bonchev–Trinajstić information content (AvgIpc) is 2.93. The molecular weight excluding hydrogens is 484 g/mol. The number of carbonyl (C=O) groups is 3. The van der Waals surface area contributed by atoms with E-state index in [1.165, 1.54) is 0 Å². The lowest BCUT2D eigenvalue weighted by molar-refractivity contribution is -0.141. The van der Waals surface area contributed by atoms with Crippen LogP contribution in [-0.2, 0) is 20.8 Å². The molecule has 0 aliphatic carbocycles. The predicted octanol–water partition coefficient (Wildman–Crippen LogP) is 3.63. The fourth-order valence-electron chi connectivity index (χ4n) is 4.20. The second-order valence-corrected chi connectivity index (χ2v) is 9.24. The highest BCUT2D eigenvalue weighted by molar-refractivity contribution is 5.97. The molecule has 3 unspecified atom stereocenters. The summed E-state index contributed by atoms with van der Waals surface area (Å²) >= 11 is 0. The van der Waals surface area contributed by atoms with Crippen molar-refractivity contribution in [3.63, 3.8) is 0 Å². The maximum absolute atomic E-state index is 13.1. The van der Waals surface area contributed by atoms with Crippen LogP contribution in [0.1, 0.15) is 31.2 Å². The van der Waals surface area contributed by atoms with Gasteiger partial charge in [-0.15, -0.1) is 0 Å². The van der Waals surface area contributed by atoms with Gasteiger partial charge in [-0.1, -0.05) is 72.8 Å². The number of nitrogens with one attached hydrogen (secondary N) is 2. The first kappa shape index (κ1) is 28.6. The monoisotopic (exact) mass is 518 g/mol. The van der Waals surface area contributed by atoms with Crippen LogP contribution < -0.4 is 10.6 Å². The maximum atomic E-state index is 13.1. The number of aliphatic hydroxyl groups is 2. The van der Waals surface area contributed by atoms with Crippen molar-refractivity contribution in [3.05, 3.63) is 90.5 Å². The fourth-order valence-corrected chi connectivity index (χ4v) is 4.20. The summed E-state index contributed by atoms with van der Waals surface area (Å²) in [5.41, 5.74) is 3.80. The lowest BCUT2D eigenvalue weighted by Crippen LogP contribution is -2.48. The third kappa shape index (κ3) is 9.14. The molecule has 3 rings (SSSR count). The standard InChI is InChI=1S/C30H34N2O6/c33-20-26(34)19-27(30(38)31-25-12-5-2-6-13-25)32-29(37)24(18-28(35)36)11-7-8-21-14-16-23(17-15-21)22-9-3-1-4-10-22/h1-6,9-10,12-17,24,26-27,33-34H,7-8,11,18-20H2,(H,31,38)(H,32,37)(H,35,36). The molecule has 8 heteroatoms. The molecule has 0 aromatic heterocycles. The van der Waals surface area contributed by atoms with Crippen molar-refractivity contribution in [2.24, 2.45) is 5.92 Å². The molecule has 0 saturated heterocycles. The van der Waals surface area contributed by atoms with Gasteiger partial charge in [0.05, 0.1) is 19.1 Å². The Morgan fingerprint density at radius 3 is 2.00 bits per heavy atom. The highest BCUT2D eigenvalue weighted by Crippen LogP contribution is 2.21. The molecule has 0 radical (unpaired) electrons. The summed E-state index contributed by atoms with van der Waals surface area (Å²) in [6, 6.07) is 25.6. The van der Waals surface area contributed by atoms with Gasteiger partial charge >= 0.3 is 5.97 Å². The summed E-state index contributed by atoms with van der Waals surface area (Å²) in [4.78, 5) is 37.4. The Morgan fingerprint density at radius 2 is 1.39 bits per heavy atom. The summed E-state index contributed by atoms with van der Waals surface area (Å²) in [6.07, 6.45) is -0.258. The van der Waals surface area contributed by atoms with Crippen LogP contribution in [0.4, 0.5) is 5.69 Å². The normalized spacial score (nSPS) is 13.2. The van der Waals surface area contributed by atoms with Crippen molar-refractivity contribution in [3.8, 4) is 11.1 Å². The summed E-state index contributed by atoms with van der Waals surface area (Å²) in [7, 11) is 0. The van der Waals surface area contributed by atoms with Crippen LogP contribution in [0.5, 0.6) is 0 Å². The van der Waals surface area contributed by atoms with Gasteiger partial charge < -0.3 is 26.0 Å². The van der Waals surface area contributed by atoms with E-state index in [-0.39, 0.29) is 12.8 Å². The minimum Gasteiger partial charge on any atom is -0.481 e. The number of aliphatic carboxylic acids is 1. The van der Waals surface area contributed by atoms with E-state index in [0.29, 0.717) is 24.9 Å². The molecule has 0 aliphatic rings. The van der Waals surface area contributed by atoms with Crippen LogP contribution in [-0.4, -0.2) is 51.9 Å². The van der Waals surface area contributed by atoms with Gasteiger partial charge in [0.25, 0.3) is 0 Å². The van der Waals surface area contributed by atoms with Crippen LogP contribution in [0.3, 0.4) is 0 Å². The maximum Gasteiger partial charge on any atom is 0.304 e. The Labute approximate surface area is 222 Å². The van der Waals surface area contributed by atoms with Crippen molar-refractivity contribution in [2.45, 2.75) is 44.2 Å². The topological polar surface area (TPSA) is 136 Å². The molecule has 3 aromatic rings. The lowest BCUT2D eigenvalue weighted by atomic mass is 9.94. The minimum atomic E-state index is -1.22. The average molecular weight is 519 g/mol. The van der Waals surface area contributed by atoms with E-state index in [1.807, 2.05) is 54.6 Å². The number of amides is 2. The molecular formula is C30H34N2O6. The number of para-hydroxylation sites is 1. The number of carboxylic acid groups (broad SMARTS) is 1. The third-order valence-electron chi connectivity index (χ3n) is 6.26. The molecule has 0 aliphatic heterocycles. The van der Waals surface area contributed by atoms with Crippen molar-refractivity contribution >= 4 is 23.5 Å². The van der Waals surface area contributed by atoms with Gasteiger partial charge in [0.2, 0.25) is 11.8 Å². The number of aryl methyl sites for hydroxylation is 1. The third-order valence-corrected chi connectivity index (χ3v) is 6.26. The number of aliphatic hydroxyl groups excluding tert-OH is 2. The molecule has 5 N–H and O–H groups in total. The van der Waals surface area contributed by atoms with E-state index in [4.69, 9.17) is 0 Å². The van der Waals surface area contributed by atoms with Gasteiger partial charge in [-0.25, -0.2) is 0 Å². The van der Waals surface area contributed by atoms with E-state index in [0.717, 1.165) is 16.7 Å². The van der Waals surface area contributed by atoms with Crippen molar-refractivity contribution < 1.29 is 29.7 Å². The zero-order valence-corrected chi connectivity index (χ0v) is 21.1. The highest BCUT2D eigenvalue weighted by Gasteiger charge is 2.28. The van der Waals surface area contributed by atoms with Gasteiger partial charge in [-0.2, -0.15) is 0 Å². The Morgan fingerprint density at radius 1 is 0.789 bits per heavy atom. The molecule has 0 fully saturated rings. The smallest absolute Gasteiger partial charge is 0.304 e. The molecule has 0 spiro atoms. The quantitative estimate of drug-likeness (QED) is 0.221. The summed E-state index contributed by atoms with van der Waals surface area (Å²) in [6.45, 7) is -0.577. The Kier molecular flexibility index (Phi) is 11.0. The molecule has 3 aromatic carbocycles. The molecule has 200 valence electrons. The number of hydrogen-bond acceptors (Lipinski definition) is 5. The van der Waals surface area contributed by atoms with Crippen molar-refractivity contribution in [2.75, 3.05) is 11.9 Å². The summed E-state index contributed by atoms with van der Waals surface area (Å²) in [5, 5.41) is 33.8. The first-order valence-electron chi connectivity index (χ1n) is 12.7. The molecule has 8 nitrogen and oxygen atoms in total. The van der Waals surface area contributed by atoms with E-state index >= 15 is 0 Å². The Bertz CT molecular complexity index is 1170. The van der Waals surface area contributed by atoms with Crippen LogP contribution in [0, 0.1) is 5.92 Å². The molecule has 0 bridgehead atoms. The number of benzene rings is 3. The number of hydrogen-bond donors (Lipinski definition) is 5. The van der Waals surface area contributed by atoms with Gasteiger partial charge in [0, 0.05) is 18.0 Å². The van der Waals surface area contributed by atoms with E-state index in [1.54, 1.807) is 30.3 Å². The summed E-state index contributed by atoms with van der Waals surface area (Å²) in [5.74, 6) is -3.11. The van der Waals surface area contributed by atoms with Crippen LogP contribution in [0.2, 0.25) is 0 Å². The highest BCUT2D eigenvalue weighted by atomic mass is 16.4. The second kappa shape index (κ2) is 14.7. The Balaban J connectivity index is 1.61. The zero-order chi connectivity index (χ0) is 27.3. The fraction of sp³-hybridized carbons (Fsp3) is 0.300. The first-order valence-corrected chi connectivity index (χ1v) is 12.7. The zero-order valence-electron chi connectivity index (χ0n) is 21.1.